The van der Waals surface area contributed by atoms with Crippen LogP contribution >= 0.6 is 0 Å². The number of ether oxygens (including phenoxy) is 1. The first-order chi connectivity index (χ1) is 17.9. The Bertz CT molecular complexity index is 948. The summed E-state index contributed by atoms with van der Waals surface area (Å²) in [5.41, 5.74) is 3.22. The second-order valence-corrected chi connectivity index (χ2v) is 11.6. The molecule has 0 saturated heterocycles. The van der Waals surface area contributed by atoms with E-state index in [1.165, 1.54) is 56.9 Å². The predicted octanol–water partition coefficient (Wildman–Crippen LogP) is 10.8. The molecule has 1 atom stereocenters. The van der Waals surface area contributed by atoms with Gasteiger partial charge < -0.3 is 4.74 Å². The van der Waals surface area contributed by atoms with Gasteiger partial charge in [-0.05, 0) is 98.7 Å². The molecule has 1 unspecified atom stereocenters. The van der Waals surface area contributed by atoms with Gasteiger partial charge in [-0.15, -0.1) is 6.58 Å². The van der Waals surface area contributed by atoms with Crippen molar-refractivity contribution in [3.05, 3.63) is 83.4 Å². The van der Waals surface area contributed by atoms with Gasteiger partial charge in [-0.3, -0.25) is 0 Å². The number of halogens is 2. The number of benzene rings is 2. The molecule has 202 valence electrons. The summed E-state index contributed by atoms with van der Waals surface area (Å²) >= 11 is 0. The number of hydrogen-bond acceptors (Lipinski definition) is 1. The van der Waals surface area contributed by atoms with Gasteiger partial charge in [-0.1, -0.05) is 87.2 Å². The number of allylic oxidation sites excluding steroid dienone is 1. The molecule has 2 fully saturated rings. The van der Waals surface area contributed by atoms with E-state index in [2.05, 4.69) is 25.6 Å². The first kappa shape index (κ1) is 28.0. The fourth-order valence-electron chi connectivity index (χ4n) is 6.50. The van der Waals surface area contributed by atoms with Crippen LogP contribution in [0.25, 0.3) is 0 Å². The van der Waals surface area contributed by atoms with Crippen molar-refractivity contribution in [2.24, 2.45) is 11.8 Å². The Hall–Kier alpha value is -2.00. The maximum absolute atomic E-state index is 15.0. The third-order valence-electron chi connectivity index (χ3n) is 9.09. The number of rotatable bonds is 11. The molecule has 2 aliphatic carbocycles. The van der Waals surface area contributed by atoms with Crippen LogP contribution in [0.5, 0.6) is 0 Å². The van der Waals surface area contributed by atoms with Crippen LogP contribution in [0.3, 0.4) is 0 Å². The Morgan fingerprint density at radius 2 is 1.38 bits per heavy atom. The van der Waals surface area contributed by atoms with Crippen LogP contribution in [-0.2, 0) is 10.8 Å². The highest BCUT2D eigenvalue weighted by Crippen LogP contribution is 2.40. The van der Waals surface area contributed by atoms with Gasteiger partial charge in [0.05, 0.1) is 11.7 Å². The quantitative estimate of drug-likeness (QED) is 0.217. The van der Waals surface area contributed by atoms with E-state index in [1.54, 1.807) is 19.1 Å². The molecule has 2 aromatic carbocycles. The molecule has 1 nitrogen and oxygen atoms in total. The van der Waals surface area contributed by atoms with Crippen molar-refractivity contribution in [1.29, 1.82) is 0 Å². The normalized spacial score (nSPS) is 25.5. The van der Waals surface area contributed by atoms with E-state index in [9.17, 15) is 0 Å². The zero-order valence-corrected chi connectivity index (χ0v) is 22.9. The minimum atomic E-state index is -3.33. The van der Waals surface area contributed by atoms with Crippen LogP contribution in [-0.4, -0.2) is 0 Å². The lowest BCUT2D eigenvalue weighted by Gasteiger charge is -2.29. The molecule has 4 rings (SSSR count). The summed E-state index contributed by atoms with van der Waals surface area (Å²) in [6.07, 6.45) is 13.0. The first-order valence-corrected chi connectivity index (χ1v) is 14.8. The third-order valence-corrected chi connectivity index (χ3v) is 9.09. The zero-order chi connectivity index (χ0) is 26.3. The van der Waals surface area contributed by atoms with E-state index in [-0.39, 0.29) is 5.56 Å². The van der Waals surface area contributed by atoms with Crippen LogP contribution in [0, 0.1) is 11.8 Å². The summed E-state index contributed by atoms with van der Waals surface area (Å²) in [5.74, 6) is 2.53. The Morgan fingerprint density at radius 3 is 1.92 bits per heavy atom. The van der Waals surface area contributed by atoms with E-state index in [0.29, 0.717) is 17.8 Å². The molecule has 0 spiro atoms. The summed E-state index contributed by atoms with van der Waals surface area (Å²) in [5, 5.41) is 0. The molecule has 0 aromatic heterocycles. The van der Waals surface area contributed by atoms with E-state index < -0.39 is 12.2 Å². The van der Waals surface area contributed by atoms with Gasteiger partial charge in [0.1, 0.15) is 0 Å². The molecule has 0 bridgehead atoms. The van der Waals surface area contributed by atoms with Crippen molar-refractivity contribution in [2.75, 3.05) is 0 Å². The highest BCUT2D eigenvalue weighted by Gasteiger charge is 2.35. The molecule has 37 heavy (non-hydrogen) atoms. The van der Waals surface area contributed by atoms with Crippen molar-refractivity contribution < 1.29 is 13.5 Å². The maximum atomic E-state index is 15.0. The SMILES string of the molecule is C=CC1CCC(c2ccc(C(F)(F)OC(C)c3ccc(C4CCC(CCCCC)CC4)cc3)cc2)CC1. The first-order valence-electron chi connectivity index (χ1n) is 14.8. The molecule has 3 heteroatoms. The summed E-state index contributed by atoms with van der Waals surface area (Å²) in [4.78, 5) is 0. The standard InChI is InChI=1S/C34H46F2O/c1-4-6-7-8-27-11-15-30(16-12-27)31-19-17-28(18-20-31)25(3)37-34(35,36)33-23-21-32(22-24-33)29-13-9-26(5-2)10-14-29/h5,17-27,29-30H,2,4,6-16H2,1,3H3. The third kappa shape index (κ3) is 7.53. The fourth-order valence-corrected chi connectivity index (χ4v) is 6.50. The molecule has 0 heterocycles. The average molecular weight is 509 g/mol. The van der Waals surface area contributed by atoms with Crippen molar-refractivity contribution in [3.8, 4) is 0 Å². The fraction of sp³-hybridized carbons (Fsp3) is 0.588. The van der Waals surface area contributed by atoms with Gasteiger partial charge in [0, 0.05) is 0 Å². The Morgan fingerprint density at radius 1 is 0.838 bits per heavy atom. The lowest BCUT2D eigenvalue weighted by Crippen LogP contribution is -2.20. The lowest BCUT2D eigenvalue weighted by atomic mass is 9.77. The zero-order valence-electron chi connectivity index (χ0n) is 22.9. The van der Waals surface area contributed by atoms with Gasteiger partial charge >= 0.3 is 6.11 Å². The monoisotopic (exact) mass is 508 g/mol. The van der Waals surface area contributed by atoms with Crippen LogP contribution < -0.4 is 0 Å². The molecular weight excluding hydrogens is 462 g/mol. The van der Waals surface area contributed by atoms with E-state index in [4.69, 9.17) is 4.74 Å². The largest absolute Gasteiger partial charge is 0.383 e. The average Bonchev–Trinajstić information content (AvgIpc) is 2.93. The minimum absolute atomic E-state index is 0.0739. The second-order valence-electron chi connectivity index (χ2n) is 11.6. The molecule has 0 amide bonds. The van der Waals surface area contributed by atoms with Crippen molar-refractivity contribution >= 4 is 0 Å². The molecule has 0 radical (unpaired) electrons. The Kier molecular flexibility index (Phi) is 9.98. The van der Waals surface area contributed by atoms with Gasteiger partial charge in [0.2, 0.25) is 0 Å². The summed E-state index contributed by atoms with van der Waals surface area (Å²) in [7, 11) is 0. The van der Waals surface area contributed by atoms with Crippen LogP contribution in [0.1, 0.15) is 131 Å². The number of alkyl halides is 2. The highest BCUT2D eigenvalue weighted by atomic mass is 19.3. The number of hydrogen-bond donors (Lipinski definition) is 0. The smallest absolute Gasteiger partial charge is 0.309 e. The van der Waals surface area contributed by atoms with Gasteiger partial charge in [-0.2, -0.15) is 8.78 Å². The van der Waals surface area contributed by atoms with E-state index >= 15 is 8.78 Å². The molecule has 0 N–H and O–H groups in total. The highest BCUT2D eigenvalue weighted by molar-refractivity contribution is 5.29. The summed E-state index contributed by atoms with van der Waals surface area (Å²) in [6, 6.07) is 15.0. The van der Waals surface area contributed by atoms with Crippen LogP contribution in [0.2, 0.25) is 0 Å². The number of unbranched alkanes of at least 4 members (excludes halogenated alkanes) is 2. The molecule has 2 aromatic rings. The molecule has 0 aliphatic heterocycles. The van der Waals surface area contributed by atoms with Crippen molar-refractivity contribution in [1.82, 2.24) is 0 Å². The van der Waals surface area contributed by atoms with Crippen molar-refractivity contribution in [3.63, 3.8) is 0 Å². The van der Waals surface area contributed by atoms with Crippen LogP contribution in [0.4, 0.5) is 8.78 Å². The van der Waals surface area contributed by atoms with Gasteiger partial charge in [-0.25, -0.2) is 0 Å². The van der Waals surface area contributed by atoms with E-state index in [1.807, 2.05) is 30.3 Å². The summed E-state index contributed by atoms with van der Waals surface area (Å²) < 4.78 is 35.4. The summed E-state index contributed by atoms with van der Waals surface area (Å²) in [6.45, 7) is 7.89. The Labute approximate surface area is 223 Å². The molecular formula is C34H46F2O. The predicted molar refractivity (Wildman–Crippen MR) is 150 cm³/mol. The van der Waals surface area contributed by atoms with Gasteiger partial charge in [0.25, 0.3) is 0 Å². The van der Waals surface area contributed by atoms with Crippen LogP contribution in [0.15, 0.2) is 61.2 Å². The Balaban J connectivity index is 1.29. The maximum Gasteiger partial charge on any atom is 0.383 e. The molecule has 2 aliphatic rings. The van der Waals surface area contributed by atoms with Crippen molar-refractivity contribution in [2.45, 2.75) is 115 Å². The minimum Gasteiger partial charge on any atom is -0.309 e. The second kappa shape index (κ2) is 13.2. The lowest BCUT2D eigenvalue weighted by molar-refractivity contribution is -0.272. The topological polar surface area (TPSA) is 9.23 Å². The van der Waals surface area contributed by atoms with Gasteiger partial charge in [0.15, 0.2) is 0 Å². The molecule has 2 saturated carbocycles. The van der Waals surface area contributed by atoms with E-state index in [0.717, 1.165) is 42.7 Å².